The summed E-state index contributed by atoms with van der Waals surface area (Å²) in [6.07, 6.45) is 21.3. The zero-order valence-electron chi connectivity index (χ0n) is 12.0. The second kappa shape index (κ2) is 5.58. The topological polar surface area (TPSA) is 0 Å². The molecule has 3 aliphatic rings. The van der Waals surface area contributed by atoms with E-state index in [9.17, 15) is 0 Å². The Hall–Kier alpha value is -0.960. The van der Waals surface area contributed by atoms with Crippen molar-refractivity contribution in [2.24, 2.45) is 29.6 Å². The molecule has 0 nitrogen and oxygen atoms in total. The van der Waals surface area contributed by atoms with E-state index in [1.807, 2.05) is 0 Å². The van der Waals surface area contributed by atoms with Crippen LogP contribution in [0.15, 0.2) is 24.3 Å². The second-order valence-electron chi connectivity index (χ2n) is 6.96. The highest BCUT2D eigenvalue weighted by Gasteiger charge is 2.37. The quantitative estimate of drug-likeness (QED) is 0.482. The lowest BCUT2D eigenvalue weighted by molar-refractivity contribution is 0.147. The summed E-state index contributed by atoms with van der Waals surface area (Å²) in [5.74, 6) is 6.94. The Labute approximate surface area is 118 Å². The highest BCUT2D eigenvalue weighted by Crippen LogP contribution is 2.47. The van der Waals surface area contributed by atoms with Gasteiger partial charge in [0.05, 0.1) is 0 Å². The van der Waals surface area contributed by atoms with Crippen LogP contribution in [0, 0.1) is 41.9 Å². The van der Waals surface area contributed by atoms with Crippen LogP contribution in [0.4, 0.5) is 0 Å². The van der Waals surface area contributed by atoms with Crippen molar-refractivity contribution in [3.8, 4) is 12.3 Å². The van der Waals surface area contributed by atoms with Crippen molar-refractivity contribution in [3.63, 3.8) is 0 Å². The number of hydrogen-bond acceptors (Lipinski definition) is 0. The van der Waals surface area contributed by atoms with Crippen LogP contribution in [-0.2, 0) is 0 Å². The predicted octanol–water partition coefficient (Wildman–Crippen LogP) is 4.97. The van der Waals surface area contributed by atoms with Crippen molar-refractivity contribution in [2.75, 3.05) is 0 Å². The molecule has 0 aromatic carbocycles. The van der Waals surface area contributed by atoms with E-state index < -0.39 is 0 Å². The molecule has 5 unspecified atom stereocenters. The third-order valence-electron chi connectivity index (χ3n) is 5.75. The minimum atomic E-state index is 0.473. The largest absolute Gasteiger partial charge is 0.120 e. The van der Waals surface area contributed by atoms with Gasteiger partial charge in [0.2, 0.25) is 0 Å². The van der Waals surface area contributed by atoms with Gasteiger partial charge in [0, 0.05) is 5.92 Å². The summed E-state index contributed by atoms with van der Waals surface area (Å²) < 4.78 is 0. The van der Waals surface area contributed by atoms with Gasteiger partial charge in [-0.25, -0.2) is 0 Å². The molecule has 0 amide bonds. The summed E-state index contributed by atoms with van der Waals surface area (Å²) in [4.78, 5) is 0. The SMILES string of the molecule is C#CC1CC(=C)CC1CC1CCCC2CCC=CC21. The Balaban J connectivity index is 1.68. The highest BCUT2D eigenvalue weighted by atomic mass is 14.4. The van der Waals surface area contributed by atoms with Gasteiger partial charge in [-0.15, -0.1) is 12.3 Å². The minimum absolute atomic E-state index is 0.473. The zero-order valence-corrected chi connectivity index (χ0v) is 12.0. The van der Waals surface area contributed by atoms with Gasteiger partial charge in [0.1, 0.15) is 0 Å². The molecule has 102 valence electrons. The average molecular weight is 254 g/mol. The van der Waals surface area contributed by atoms with E-state index in [1.54, 1.807) is 0 Å². The number of hydrogen-bond donors (Lipinski definition) is 0. The summed E-state index contributed by atoms with van der Waals surface area (Å²) in [6, 6.07) is 0. The van der Waals surface area contributed by atoms with Crippen LogP contribution < -0.4 is 0 Å². The van der Waals surface area contributed by atoms with Crippen molar-refractivity contribution in [1.29, 1.82) is 0 Å². The Morgan fingerprint density at radius 1 is 1.21 bits per heavy atom. The Bertz CT molecular complexity index is 408. The van der Waals surface area contributed by atoms with Gasteiger partial charge in [-0.2, -0.15) is 0 Å². The molecule has 0 heterocycles. The molecule has 3 aliphatic carbocycles. The molecular weight excluding hydrogens is 228 g/mol. The van der Waals surface area contributed by atoms with Gasteiger partial charge >= 0.3 is 0 Å². The fourth-order valence-corrected chi connectivity index (χ4v) is 4.81. The van der Waals surface area contributed by atoms with Crippen molar-refractivity contribution >= 4 is 0 Å². The molecule has 5 atom stereocenters. The first-order valence-electron chi connectivity index (χ1n) is 8.07. The molecule has 0 spiro atoms. The van der Waals surface area contributed by atoms with Crippen molar-refractivity contribution in [2.45, 2.75) is 51.4 Å². The predicted molar refractivity (Wildman–Crippen MR) is 81.5 cm³/mol. The zero-order chi connectivity index (χ0) is 13.2. The van der Waals surface area contributed by atoms with Gasteiger partial charge in [-0.1, -0.05) is 30.7 Å². The monoisotopic (exact) mass is 254 g/mol. The lowest BCUT2D eigenvalue weighted by Gasteiger charge is -2.40. The Morgan fingerprint density at radius 3 is 2.95 bits per heavy atom. The summed E-state index contributed by atoms with van der Waals surface area (Å²) in [6.45, 7) is 4.17. The summed E-state index contributed by atoms with van der Waals surface area (Å²) >= 11 is 0. The van der Waals surface area contributed by atoms with E-state index >= 15 is 0 Å². The minimum Gasteiger partial charge on any atom is -0.120 e. The van der Waals surface area contributed by atoms with E-state index in [2.05, 4.69) is 24.7 Å². The number of terminal acetylenes is 1. The lowest BCUT2D eigenvalue weighted by atomic mass is 9.65. The maximum Gasteiger partial charge on any atom is 0.0268 e. The molecule has 0 aliphatic heterocycles. The van der Waals surface area contributed by atoms with Gasteiger partial charge in [-0.3, -0.25) is 0 Å². The fraction of sp³-hybridized carbons (Fsp3) is 0.684. The Morgan fingerprint density at radius 2 is 2.11 bits per heavy atom. The maximum atomic E-state index is 5.72. The fourth-order valence-electron chi connectivity index (χ4n) is 4.81. The van der Waals surface area contributed by atoms with Crippen LogP contribution in [0.3, 0.4) is 0 Å². The smallest absolute Gasteiger partial charge is 0.0268 e. The molecule has 0 bridgehead atoms. The molecule has 0 N–H and O–H groups in total. The third-order valence-corrected chi connectivity index (χ3v) is 5.75. The van der Waals surface area contributed by atoms with Crippen molar-refractivity contribution < 1.29 is 0 Å². The van der Waals surface area contributed by atoms with E-state index in [-0.39, 0.29) is 0 Å². The van der Waals surface area contributed by atoms with Crippen LogP contribution in [-0.4, -0.2) is 0 Å². The molecule has 2 fully saturated rings. The molecule has 0 saturated heterocycles. The Kier molecular flexibility index (Phi) is 3.83. The highest BCUT2D eigenvalue weighted by molar-refractivity contribution is 5.14. The molecule has 0 radical (unpaired) electrons. The normalized spacial score (nSPS) is 41.8. The van der Waals surface area contributed by atoms with Crippen LogP contribution in [0.5, 0.6) is 0 Å². The first-order chi connectivity index (χ1) is 9.28. The molecule has 2 saturated carbocycles. The first-order valence-corrected chi connectivity index (χ1v) is 8.07. The van der Waals surface area contributed by atoms with Crippen LogP contribution in [0.25, 0.3) is 0 Å². The maximum absolute atomic E-state index is 5.72. The van der Waals surface area contributed by atoms with Crippen LogP contribution in [0.1, 0.15) is 51.4 Å². The summed E-state index contributed by atoms with van der Waals surface area (Å²) in [5.41, 5.74) is 1.39. The summed E-state index contributed by atoms with van der Waals surface area (Å²) in [5, 5.41) is 0. The molecule has 0 aromatic heterocycles. The van der Waals surface area contributed by atoms with Gasteiger partial charge in [0.15, 0.2) is 0 Å². The van der Waals surface area contributed by atoms with Crippen LogP contribution in [0.2, 0.25) is 0 Å². The van der Waals surface area contributed by atoms with Gasteiger partial charge in [0.25, 0.3) is 0 Å². The molecule has 19 heavy (non-hydrogen) atoms. The van der Waals surface area contributed by atoms with E-state index in [0.29, 0.717) is 5.92 Å². The average Bonchev–Trinajstić information content (AvgIpc) is 2.79. The van der Waals surface area contributed by atoms with Crippen LogP contribution >= 0.6 is 0 Å². The second-order valence-corrected chi connectivity index (χ2v) is 6.96. The lowest BCUT2D eigenvalue weighted by Crippen LogP contribution is -2.30. The molecule has 0 heteroatoms. The van der Waals surface area contributed by atoms with Gasteiger partial charge in [-0.05, 0) is 68.6 Å². The molecular formula is C19H26. The van der Waals surface area contributed by atoms with Crippen molar-refractivity contribution in [3.05, 3.63) is 24.3 Å². The number of rotatable bonds is 2. The number of allylic oxidation sites excluding steroid dienone is 3. The molecule has 0 aromatic rings. The third kappa shape index (κ3) is 2.66. The van der Waals surface area contributed by atoms with Crippen molar-refractivity contribution in [1.82, 2.24) is 0 Å². The number of fused-ring (bicyclic) bond motifs is 1. The summed E-state index contributed by atoms with van der Waals surface area (Å²) in [7, 11) is 0. The van der Waals surface area contributed by atoms with Gasteiger partial charge < -0.3 is 0 Å². The standard InChI is InChI=1S/C19H26/c1-3-15-11-14(2)12-18(15)13-17-9-6-8-16-7-4-5-10-19(16)17/h1,5,10,15-19H,2,4,6-9,11-13H2. The van der Waals surface area contributed by atoms with E-state index in [4.69, 9.17) is 6.42 Å². The van der Waals surface area contributed by atoms with E-state index in [1.165, 1.54) is 50.5 Å². The van der Waals surface area contributed by atoms with E-state index in [0.717, 1.165) is 30.1 Å². The molecule has 3 rings (SSSR count). The first kappa shape index (κ1) is 13.0.